The van der Waals surface area contributed by atoms with Crippen molar-refractivity contribution in [1.29, 1.82) is 0 Å². The zero-order valence-corrected chi connectivity index (χ0v) is 18.7. The third kappa shape index (κ3) is 4.69. The van der Waals surface area contributed by atoms with Gasteiger partial charge in [0.15, 0.2) is 11.5 Å². The lowest BCUT2D eigenvalue weighted by atomic mass is 10.0. The zero-order chi connectivity index (χ0) is 22.7. The Labute approximate surface area is 188 Å². The first-order valence-corrected chi connectivity index (χ1v) is 10.8. The van der Waals surface area contributed by atoms with Crippen LogP contribution >= 0.6 is 0 Å². The standard InChI is InChI=1S/C26H28N2O4/c1-28(13-12-17-8-11-23(31-2)24(14-17)32-3)26(30)21-15-19-6-4-5-7-20(19)16-22(21)27-25(29)18-9-10-18/h4-8,11,14-16,18H,9-10,12-13H2,1-3H3,(H,27,29). The number of anilines is 1. The van der Waals surface area contributed by atoms with Gasteiger partial charge in [-0.2, -0.15) is 0 Å². The SMILES string of the molecule is COc1ccc(CCN(C)C(=O)c2cc3ccccc3cc2NC(=O)C2CC2)cc1OC. The molecule has 1 saturated carbocycles. The Balaban J connectivity index is 1.54. The van der Waals surface area contributed by atoms with Gasteiger partial charge in [-0.05, 0) is 59.9 Å². The molecule has 0 aliphatic heterocycles. The first-order valence-electron chi connectivity index (χ1n) is 10.8. The molecule has 0 aromatic heterocycles. The molecule has 166 valence electrons. The van der Waals surface area contributed by atoms with Gasteiger partial charge in [-0.25, -0.2) is 0 Å². The molecule has 32 heavy (non-hydrogen) atoms. The van der Waals surface area contributed by atoms with E-state index in [0.717, 1.165) is 29.2 Å². The Morgan fingerprint density at radius 3 is 2.31 bits per heavy atom. The largest absolute Gasteiger partial charge is 0.493 e. The van der Waals surface area contributed by atoms with Crippen molar-refractivity contribution in [3.05, 3.63) is 65.7 Å². The Morgan fingerprint density at radius 2 is 1.66 bits per heavy atom. The van der Waals surface area contributed by atoms with E-state index >= 15 is 0 Å². The third-order valence-corrected chi connectivity index (χ3v) is 5.85. The molecular weight excluding hydrogens is 404 g/mol. The van der Waals surface area contributed by atoms with Crippen LogP contribution in [0.15, 0.2) is 54.6 Å². The summed E-state index contributed by atoms with van der Waals surface area (Å²) < 4.78 is 10.7. The molecule has 0 saturated heterocycles. The number of fused-ring (bicyclic) bond motifs is 1. The number of hydrogen-bond donors (Lipinski definition) is 1. The van der Waals surface area contributed by atoms with Crippen molar-refractivity contribution in [2.24, 2.45) is 5.92 Å². The van der Waals surface area contributed by atoms with E-state index in [9.17, 15) is 9.59 Å². The number of carbonyl (C=O) groups is 2. The Bertz CT molecular complexity index is 1150. The molecule has 1 aliphatic carbocycles. The van der Waals surface area contributed by atoms with Crippen molar-refractivity contribution in [2.45, 2.75) is 19.3 Å². The number of benzene rings is 3. The second-order valence-corrected chi connectivity index (χ2v) is 8.17. The molecule has 0 radical (unpaired) electrons. The number of nitrogens with one attached hydrogen (secondary N) is 1. The number of ether oxygens (including phenoxy) is 2. The Hall–Kier alpha value is -3.54. The number of hydrogen-bond acceptors (Lipinski definition) is 4. The Kier molecular flexibility index (Phi) is 6.30. The number of carbonyl (C=O) groups excluding carboxylic acids is 2. The smallest absolute Gasteiger partial charge is 0.255 e. The van der Waals surface area contributed by atoms with E-state index < -0.39 is 0 Å². The van der Waals surface area contributed by atoms with E-state index in [1.165, 1.54) is 0 Å². The molecular formula is C26H28N2O4. The summed E-state index contributed by atoms with van der Waals surface area (Å²) in [7, 11) is 4.99. The second-order valence-electron chi connectivity index (χ2n) is 8.17. The predicted octanol–water partition coefficient (Wildman–Crippen LogP) is 4.52. The van der Waals surface area contributed by atoms with Gasteiger partial charge in [0.25, 0.3) is 5.91 Å². The minimum atomic E-state index is -0.123. The monoisotopic (exact) mass is 432 g/mol. The van der Waals surface area contributed by atoms with Crippen molar-refractivity contribution < 1.29 is 19.1 Å². The predicted molar refractivity (Wildman–Crippen MR) is 126 cm³/mol. The van der Waals surface area contributed by atoms with Gasteiger partial charge < -0.3 is 19.7 Å². The summed E-state index contributed by atoms with van der Waals surface area (Å²) in [6, 6.07) is 17.4. The lowest BCUT2D eigenvalue weighted by Crippen LogP contribution is -2.30. The third-order valence-electron chi connectivity index (χ3n) is 5.85. The number of rotatable bonds is 8. The molecule has 6 heteroatoms. The highest BCUT2D eigenvalue weighted by atomic mass is 16.5. The van der Waals surface area contributed by atoms with Gasteiger partial charge in [-0.3, -0.25) is 9.59 Å². The van der Waals surface area contributed by atoms with Crippen molar-refractivity contribution >= 4 is 28.3 Å². The number of amides is 2. The van der Waals surface area contributed by atoms with Gasteiger partial charge >= 0.3 is 0 Å². The maximum atomic E-state index is 13.4. The lowest BCUT2D eigenvalue weighted by molar-refractivity contribution is -0.117. The summed E-state index contributed by atoms with van der Waals surface area (Å²) in [5.74, 6) is 1.27. The van der Waals surface area contributed by atoms with Crippen molar-refractivity contribution in [3.63, 3.8) is 0 Å². The van der Waals surface area contributed by atoms with E-state index in [1.807, 2.05) is 54.6 Å². The Morgan fingerprint density at radius 1 is 0.969 bits per heavy atom. The van der Waals surface area contributed by atoms with Gasteiger partial charge in [0.1, 0.15) is 0 Å². The van der Waals surface area contributed by atoms with Crippen molar-refractivity contribution in [1.82, 2.24) is 4.90 Å². The van der Waals surface area contributed by atoms with Crippen LogP contribution in [0.2, 0.25) is 0 Å². The summed E-state index contributed by atoms with van der Waals surface area (Å²) in [6.45, 7) is 0.525. The highest BCUT2D eigenvalue weighted by Crippen LogP contribution is 2.32. The summed E-state index contributed by atoms with van der Waals surface area (Å²) in [5, 5.41) is 4.94. The summed E-state index contributed by atoms with van der Waals surface area (Å²) in [6.07, 6.45) is 2.49. The van der Waals surface area contributed by atoms with Gasteiger partial charge in [0, 0.05) is 19.5 Å². The average Bonchev–Trinajstić information content (AvgIpc) is 3.67. The fourth-order valence-electron chi connectivity index (χ4n) is 3.74. The highest BCUT2D eigenvalue weighted by Gasteiger charge is 2.30. The highest BCUT2D eigenvalue weighted by molar-refractivity contribution is 6.08. The second kappa shape index (κ2) is 9.30. The minimum Gasteiger partial charge on any atom is -0.493 e. The van der Waals surface area contributed by atoms with Gasteiger partial charge in [0.05, 0.1) is 25.5 Å². The molecule has 0 heterocycles. The van der Waals surface area contributed by atoms with E-state index in [4.69, 9.17) is 9.47 Å². The molecule has 3 aromatic carbocycles. The maximum Gasteiger partial charge on any atom is 0.255 e. The van der Waals surface area contributed by atoms with E-state index in [2.05, 4.69) is 5.32 Å². The van der Waals surface area contributed by atoms with E-state index in [1.54, 1.807) is 26.2 Å². The maximum absolute atomic E-state index is 13.4. The summed E-state index contributed by atoms with van der Waals surface area (Å²) >= 11 is 0. The molecule has 0 unspecified atom stereocenters. The van der Waals surface area contributed by atoms with Crippen LogP contribution in [0.3, 0.4) is 0 Å². The van der Waals surface area contributed by atoms with E-state index in [-0.39, 0.29) is 17.7 Å². The minimum absolute atomic E-state index is 0.0117. The van der Waals surface area contributed by atoms with Gasteiger partial charge in [-0.1, -0.05) is 30.3 Å². The lowest BCUT2D eigenvalue weighted by Gasteiger charge is -2.20. The van der Waals surface area contributed by atoms with Crippen LogP contribution in [0.4, 0.5) is 5.69 Å². The van der Waals surface area contributed by atoms with Gasteiger partial charge in [0.2, 0.25) is 5.91 Å². The first kappa shape index (κ1) is 21.7. The molecule has 1 aliphatic rings. The van der Waals surface area contributed by atoms with Crippen LogP contribution in [0, 0.1) is 5.92 Å². The van der Waals surface area contributed by atoms with Gasteiger partial charge in [-0.15, -0.1) is 0 Å². The molecule has 4 rings (SSSR count). The van der Waals surface area contributed by atoms with Crippen molar-refractivity contribution in [2.75, 3.05) is 33.1 Å². The topological polar surface area (TPSA) is 67.9 Å². The van der Waals surface area contributed by atoms with Crippen LogP contribution in [0.5, 0.6) is 11.5 Å². The molecule has 1 N–H and O–H groups in total. The fraction of sp³-hybridized carbons (Fsp3) is 0.308. The summed E-state index contributed by atoms with van der Waals surface area (Å²) in [4.78, 5) is 27.5. The fourth-order valence-corrected chi connectivity index (χ4v) is 3.74. The molecule has 1 fully saturated rings. The molecule has 6 nitrogen and oxygen atoms in total. The normalized spacial score (nSPS) is 13.0. The number of likely N-dealkylation sites (N-methyl/N-ethyl adjacent to an activating group) is 1. The first-order chi connectivity index (χ1) is 15.5. The molecule has 0 bridgehead atoms. The number of nitrogens with zero attached hydrogens (tertiary/aromatic N) is 1. The van der Waals surface area contributed by atoms with Crippen LogP contribution in [-0.4, -0.2) is 44.5 Å². The molecule has 0 atom stereocenters. The summed E-state index contributed by atoms with van der Waals surface area (Å²) in [5.41, 5.74) is 2.12. The zero-order valence-electron chi connectivity index (χ0n) is 18.7. The molecule has 3 aromatic rings. The quantitative estimate of drug-likeness (QED) is 0.568. The van der Waals surface area contributed by atoms with Crippen LogP contribution < -0.4 is 14.8 Å². The molecule has 2 amide bonds. The van der Waals surface area contributed by atoms with Crippen LogP contribution in [0.1, 0.15) is 28.8 Å². The van der Waals surface area contributed by atoms with Crippen LogP contribution in [0.25, 0.3) is 10.8 Å². The molecule has 0 spiro atoms. The number of methoxy groups -OCH3 is 2. The van der Waals surface area contributed by atoms with Crippen LogP contribution in [-0.2, 0) is 11.2 Å². The van der Waals surface area contributed by atoms with E-state index in [0.29, 0.717) is 35.7 Å². The average molecular weight is 433 g/mol. The van der Waals surface area contributed by atoms with Crippen molar-refractivity contribution in [3.8, 4) is 11.5 Å².